The Morgan fingerprint density at radius 1 is 1.05 bits per heavy atom. The van der Waals surface area contributed by atoms with Gasteiger partial charge in [-0.1, -0.05) is 43.9 Å². The van der Waals surface area contributed by atoms with Crippen LogP contribution in [0.4, 0.5) is 4.79 Å². The lowest BCUT2D eigenvalue weighted by atomic mass is 10.1. The van der Waals surface area contributed by atoms with E-state index in [4.69, 9.17) is 4.74 Å². The van der Waals surface area contributed by atoms with Crippen LogP contribution in [0.1, 0.15) is 38.5 Å². The van der Waals surface area contributed by atoms with Crippen LogP contribution in [0, 0.1) is 0 Å². The molecule has 0 spiro atoms. The van der Waals surface area contributed by atoms with E-state index in [9.17, 15) is 4.79 Å². The van der Waals surface area contributed by atoms with Crippen LogP contribution in [-0.4, -0.2) is 25.2 Å². The molecule has 0 radical (unpaired) electrons. The molecule has 1 aliphatic carbocycles. The van der Waals surface area contributed by atoms with Crippen molar-refractivity contribution in [2.75, 3.05) is 13.1 Å². The zero-order chi connectivity index (χ0) is 14.0. The highest BCUT2D eigenvalue weighted by atomic mass is 16.5. The Labute approximate surface area is 120 Å². The van der Waals surface area contributed by atoms with E-state index in [1.807, 2.05) is 18.2 Å². The number of hydrogen-bond donors (Lipinski definition) is 2. The summed E-state index contributed by atoms with van der Waals surface area (Å²) in [5, 5.41) is 6.27. The van der Waals surface area contributed by atoms with Crippen LogP contribution in [0.3, 0.4) is 0 Å². The molecule has 2 rings (SSSR count). The highest BCUT2D eigenvalue weighted by Crippen LogP contribution is 2.16. The van der Waals surface area contributed by atoms with Crippen LogP contribution in [0.25, 0.3) is 0 Å². The average Bonchev–Trinajstić information content (AvgIpc) is 2.73. The Bertz CT molecular complexity index is 387. The summed E-state index contributed by atoms with van der Waals surface area (Å²) in [7, 11) is 0. The zero-order valence-corrected chi connectivity index (χ0v) is 11.9. The van der Waals surface area contributed by atoms with Crippen molar-refractivity contribution in [2.24, 2.45) is 0 Å². The van der Waals surface area contributed by atoms with E-state index < -0.39 is 0 Å². The summed E-state index contributed by atoms with van der Waals surface area (Å²) in [5.74, 6) is 0.571. The third-order valence-corrected chi connectivity index (χ3v) is 3.64. The van der Waals surface area contributed by atoms with Gasteiger partial charge in [-0.25, -0.2) is 4.79 Å². The van der Waals surface area contributed by atoms with Crippen molar-refractivity contribution in [3.05, 3.63) is 30.3 Å². The summed E-state index contributed by atoms with van der Waals surface area (Å²) in [5.41, 5.74) is 0. The molecule has 1 saturated carbocycles. The number of carbonyl (C=O) groups excluding carboxylic acids is 1. The van der Waals surface area contributed by atoms with Gasteiger partial charge in [-0.2, -0.15) is 0 Å². The van der Waals surface area contributed by atoms with E-state index >= 15 is 0 Å². The molecule has 4 heteroatoms. The quantitative estimate of drug-likeness (QED) is 0.642. The highest BCUT2D eigenvalue weighted by molar-refractivity contribution is 5.70. The van der Waals surface area contributed by atoms with Crippen molar-refractivity contribution in [1.29, 1.82) is 0 Å². The Balaban J connectivity index is 1.57. The summed E-state index contributed by atoms with van der Waals surface area (Å²) in [4.78, 5) is 11.6. The molecule has 0 saturated heterocycles. The second kappa shape index (κ2) is 8.59. The van der Waals surface area contributed by atoms with Crippen LogP contribution in [-0.2, 0) is 0 Å². The molecule has 0 bridgehead atoms. The molecule has 0 aromatic heterocycles. The van der Waals surface area contributed by atoms with Crippen LogP contribution >= 0.6 is 0 Å². The molecule has 1 aliphatic rings. The van der Waals surface area contributed by atoms with Gasteiger partial charge >= 0.3 is 6.09 Å². The lowest BCUT2D eigenvalue weighted by Crippen LogP contribution is -2.37. The first-order chi connectivity index (χ1) is 9.84. The predicted octanol–water partition coefficient (Wildman–Crippen LogP) is 3.09. The maximum Gasteiger partial charge on any atom is 0.412 e. The van der Waals surface area contributed by atoms with Gasteiger partial charge in [-0.15, -0.1) is 0 Å². The SMILES string of the molecule is O=C(NCCNC1CCCCCC1)Oc1ccccc1. The smallest absolute Gasteiger partial charge is 0.410 e. The summed E-state index contributed by atoms with van der Waals surface area (Å²) in [6, 6.07) is 9.73. The first kappa shape index (κ1) is 14.9. The van der Waals surface area contributed by atoms with Gasteiger partial charge in [-0.3, -0.25) is 0 Å². The highest BCUT2D eigenvalue weighted by Gasteiger charge is 2.11. The van der Waals surface area contributed by atoms with E-state index in [2.05, 4.69) is 10.6 Å². The van der Waals surface area contributed by atoms with Gasteiger partial charge in [0.2, 0.25) is 0 Å². The fraction of sp³-hybridized carbons (Fsp3) is 0.562. The number of amides is 1. The minimum absolute atomic E-state index is 0.390. The minimum atomic E-state index is -0.390. The van der Waals surface area contributed by atoms with Gasteiger partial charge in [0.05, 0.1) is 0 Å². The van der Waals surface area contributed by atoms with E-state index in [1.165, 1.54) is 38.5 Å². The Morgan fingerprint density at radius 3 is 2.45 bits per heavy atom. The fourth-order valence-corrected chi connectivity index (χ4v) is 2.56. The first-order valence-corrected chi connectivity index (χ1v) is 7.59. The van der Waals surface area contributed by atoms with Crippen LogP contribution in [0.2, 0.25) is 0 Å². The molecule has 1 fully saturated rings. The normalized spacial score (nSPS) is 16.4. The molecule has 0 atom stereocenters. The number of rotatable bonds is 5. The molecule has 1 aromatic carbocycles. The zero-order valence-electron chi connectivity index (χ0n) is 11.9. The molecule has 1 aromatic rings. The van der Waals surface area contributed by atoms with Crippen molar-refractivity contribution in [2.45, 2.75) is 44.6 Å². The Morgan fingerprint density at radius 2 is 1.75 bits per heavy atom. The monoisotopic (exact) mass is 276 g/mol. The van der Waals surface area contributed by atoms with Crippen molar-refractivity contribution >= 4 is 6.09 Å². The number of carbonyl (C=O) groups is 1. The van der Waals surface area contributed by atoms with Crippen LogP contribution in [0.15, 0.2) is 30.3 Å². The third-order valence-electron chi connectivity index (χ3n) is 3.64. The molecule has 0 aliphatic heterocycles. The number of nitrogens with one attached hydrogen (secondary N) is 2. The maximum atomic E-state index is 11.6. The van der Waals surface area contributed by atoms with E-state index in [0.29, 0.717) is 18.3 Å². The summed E-state index contributed by atoms with van der Waals surface area (Å²) < 4.78 is 5.15. The van der Waals surface area contributed by atoms with Crippen LogP contribution < -0.4 is 15.4 Å². The molecule has 2 N–H and O–H groups in total. The third kappa shape index (κ3) is 5.61. The standard InChI is InChI=1S/C16H24N2O2/c19-16(20-15-10-6-3-7-11-15)18-13-12-17-14-8-4-1-2-5-9-14/h3,6-7,10-11,14,17H,1-2,4-5,8-9,12-13H2,(H,18,19). The van der Waals surface area contributed by atoms with Crippen molar-refractivity contribution in [3.63, 3.8) is 0 Å². The summed E-state index contributed by atoms with van der Waals surface area (Å²) >= 11 is 0. The maximum absolute atomic E-state index is 11.6. The number of para-hydroxylation sites is 1. The van der Waals surface area contributed by atoms with Crippen molar-refractivity contribution < 1.29 is 9.53 Å². The summed E-state index contributed by atoms with van der Waals surface area (Å²) in [6.45, 7) is 1.40. The van der Waals surface area contributed by atoms with E-state index in [0.717, 1.165) is 6.54 Å². The largest absolute Gasteiger partial charge is 0.412 e. The first-order valence-electron chi connectivity index (χ1n) is 7.59. The van der Waals surface area contributed by atoms with Crippen LogP contribution in [0.5, 0.6) is 5.75 Å². The molecule has 1 amide bonds. The lowest BCUT2D eigenvalue weighted by Gasteiger charge is -2.16. The van der Waals surface area contributed by atoms with Gasteiger partial charge < -0.3 is 15.4 Å². The lowest BCUT2D eigenvalue weighted by molar-refractivity contribution is 0.200. The van der Waals surface area contributed by atoms with Gasteiger partial charge in [0.15, 0.2) is 0 Å². The molecular formula is C16H24N2O2. The van der Waals surface area contributed by atoms with Gasteiger partial charge in [0.1, 0.15) is 5.75 Å². The molecular weight excluding hydrogens is 252 g/mol. The average molecular weight is 276 g/mol. The molecule has 20 heavy (non-hydrogen) atoms. The minimum Gasteiger partial charge on any atom is -0.410 e. The number of ether oxygens (including phenoxy) is 1. The molecule has 110 valence electrons. The summed E-state index contributed by atoms with van der Waals surface area (Å²) in [6.07, 6.45) is 7.49. The number of hydrogen-bond acceptors (Lipinski definition) is 3. The topological polar surface area (TPSA) is 50.4 Å². The second-order valence-corrected chi connectivity index (χ2v) is 5.27. The van der Waals surface area contributed by atoms with Gasteiger partial charge in [-0.05, 0) is 25.0 Å². The second-order valence-electron chi connectivity index (χ2n) is 5.27. The van der Waals surface area contributed by atoms with E-state index in [-0.39, 0.29) is 6.09 Å². The van der Waals surface area contributed by atoms with Crippen molar-refractivity contribution in [3.8, 4) is 5.75 Å². The molecule has 0 heterocycles. The van der Waals surface area contributed by atoms with Gasteiger partial charge in [0.25, 0.3) is 0 Å². The van der Waals surface area contributed by atoms with Crippen molar-refractivity contribution in [1.82, 2.24) is 10.6 Å². The molecule has 4 nitrogen and oxygen atoms in total. The Hall–Kier alpha value is -1.55. The van der Waals surface area contributed by atoms with Gasteiger partial charge in [0, 0.05) is 19.1 Å². The Kier molecular flexibility index (Phi) is 6.38. The fourth-order valence-electron chi connectivity index (χ4n) is 2.56. The van der Waals surface area contributed by atoms with E-state index in [1.54, 1.807) is 12.1 Å². The predicted molar refractivity (Wildman–Crippen MR) is 80.0 cm³/mol. The molecule has 0 unspecified atom stereocenters. The number of benzene rings is 1.